The molecule has 0 spiro atoms. The second kappa shape index (κ2) is 14.7. The normalized spacial score (nSPS) is 14.7. The number of aryl methyl sites for hydroxylation is 2. The molecule has 4 heterocycles. The average molecular weight is 635 g/mol. The maximum absolute atomic E-state index is 10.8. The molecular weight excluding hydrogens is 596 g/mol. The van der Waals surface area contributed by atoms with Crippen molar-refractivity contribution < 1.29 is 23.7 Å². The molecule has 0 radical (unpaired) electrons. The van der Waals surface area contributed by atoms with E-state index in [1.807, 2.05) is 72.0 Å². The Morgan fingerprint density at radius 2 is 1.40 bits per heavy atom. The van der Waals surface area contributed by atoms with Crippen LogP contribution in [0.1, 0.15) is 77.3 Å². The Morgan fingerprint density at radius 1 is 0.851 bits per heavy atom. The van der Waals surface area contributed by atoms with Gasteiger partial charge in [-0.25, -0.2) is 0 Å². The van der Waals surface area contributed by atoms with Crippen molar-refractivity contribution >= 4 is 17.7 Å². The molecule has 2 aromatic carbocycles. The number of hydrogen-bond donors (Lipinski definition) is 2. The molecular formula is C36H38N6O5. The molecule has 0 bridgehead atoms. The molecule has 242 valence electrons. The summed E-state index contributed by atoms with van der Waals surface area (Å²) in [5, 5.41) is 20.6. The summed E-state index contributed by atoms with van der Waals surface area (Å²) in [6.45, 7) is 12.7. The van der Waals surface area contributed by atoms with E-state index < -0.39 is 11.6 Å². The van der Waals surface area contributed by atoms with E-state index in [0.29, 0.717) is 47.9 Å². The highest BCUT2D eigenvalue weighted by Gasteiger charge is 2.31. The molecule has 47 heavy (non-hydrogen) atoms. The quantitative estimate of drug-likeness (QED) is 0.186. The summed E-state index contributed by atoms with van der Waals surface area (Å²) in [5.41, 5.74) is 13.2. The Hall–Kier alpha value is -5.49. The van der Waals surface area contributed by atoms with E-state index in [9.17, 15) is 4.79 Å². The van der Waals surface area contributed by atoms with E-state index in [-0.39, 0.29) is 0 Å². The standard InChI is InChI=1S/C18H19N3O2.C11H13NO3.C7H6N2/c1-12-17-16(11-22-18(2,3)23-17)14(9-20-12)10-21-15-6-4-5-13(7-15)8-19;1-7-10-9(8(5-13)4-12-7)6-14-11(2,3)15-10;8-5-6-2-1-3-7(9)4-6/h4-7,9,21H,10-11H2,1-3H3;4-5H,6H2,1-3H3;1-4H,9H2. The predicted molar refractivity (Wildman–Crippen MR) is 176 cm³/mol. The van der Waals surface area contributed by atoms with Gasteiger partial charge in [-0.3, -0.25) is 14.8 Å². The number of aromatic nitrogens is 2. The van der Waals surface area contributed by atoms with Crippen molar-refractivity contribution in [3.63, 3.8) is 0 Å². The number of nitrogen functional groups attached to an aromatic ring is 1. The number of nitrogens with two attached hydrogens (primary N) is 1. The minimum atomic E-state index is -0.652. The fourth-order valence-corrected chi connectivity index (χ4v) is 4.71. The maximum Gasteiger partial charge on any atom is 0.205 e. The lowest BCUT2D eigenvalue weighted by molar-refractivity contribution is -0.181. The van der Waals surface area contributed by atoms with E-state index in [0.717, 1.165) is 45.8 Å². The van der Waals surface area contributed by atoms with Crippen LogP contribution in [-0.2, 0) is 29.2 Å². The second-order valence-electron chi connectivity index (χ2n) is 11.8. The number of aldehydes is 1. The van der Waals surface area contributed by atoms with Crippen LogP contribution >= 0.6 is 0 Å². The molecule has 0 saturated carbocycles. The largest absolute Gasteiger partial charge is 0.461 e. The van der Waals surface area contributed by atoms with Crippen molar-refractivity contribution in [2.75, 3.05) is 11.1 Å². The molecule has 2 aliphatic heterocycles. The highest BCUT2D eigenvalue weighted by molar-refractivity contribution is 5.78. The number of rotatable bonds is 4. The first kappa shape index (κ1) is 34.4. The smallest absolute Gasteiger partial charge is 0.205 e. The van der Waals surface area contributed by atoms with Gasteiger partial charge in [0.15, 0.2) is 12.0 Å². The third kappa shape index (κ3) is 9.04. The van der Waals surface area contributed by atoms with Crippen LogP contribution in [0.3, 0.4) is 0 Å². The minimum Gasteiger partial charge on any atom is -0.461 e. The van der Waals surface area contributed by atoms with Gasteiger partial charge in [0.25, 0.3) is 0 Å². The number of pyridine rings is 2. The van der Waals surface area contributed by atoms with Crippen LogP contribution in [0.2, 0.25) is 0 Å². The van der Waals surface area contributed by atoms with Crippen LogP contribution < -0.4 is 20.5 Å². The van der Waals surface area contributed by atoms with Gasteiger partial charge in [0.1, 0.15) is 5.75 Å². The van der Waals surface area contributed by atoms with E-state index in [2.05, 4.69) is 21.4 Å². The van der Waals surface area contributed by atoms with Gasteiger partial charge in [-0.05, 0) is 55.8 Å². The Balaban J connectivity index is 0.000000178. The van der Waals surface area contributed by atoms with Crippen LogP contribution in [0, 0.1) is 36.5 Å². The van der Waals surface area contributed by atoms with Crippen LogP contribution in [-0.4, -0.2) is 27.8 Å². The van der Waals surface area contributed by atoms with Gasteiger partial charge in [-0.2, -0.15) is 10.5 Å². The van der Waals surface area contributed by atoms with Gasteiger partial charge in [0.05, 0.1) is 47.9 Å². The van der Waals surface area contributed by atoms with Gasteiger partial charge in [0, 0.05) is 74.7 Å². The summed E-state index contributed by atoms with van der Waals surface area (Å²) in [6, 6.07) is 18.4. The molecule has 0 atom stereocenters. The van der Waals surface area contributed by atoms with Crippen molar-refractivity contribution in [1.29, 1.82) is 10.5 Å². The number of nitrogens with one attached hydrogen (secondary N) is 1. The van der Waals surface area contributed by atoms with Crippen molar-refractivity contribution in [3.8, 4) is 23.6 Å². The zero-order valence-corrected chi connectivity index (χ0v) is 27.4. The molecule has 0 saturated heterocycles. The molecule has 0 amide bonds. The van der Waals surface area contributed by atoms with Gasteiger partial charge >= 0.3 is 0 Å². The van der Waals surface area contributed by atoms with E-state index in [1.165, 1.54) is 0 Å². The predicted octanol–water partition coefficient (Wildman–Crippen LogP) is 6.51. The number of fused-ring (bicyclic) bond motifs is 2. The molecule has 0 unspecified atom stereocenters. The molecule has 3 N–H and O–H groups in total. The summed E-state index contributed by atoms with van der Waals surface area (Å²) in [5.74, 6) is 0.204. The summed E-state index contributed by atoms with van der Waals surface area (Å²) in [7, 11) is 0. The lowest BCUT2D eigenvalue weighted by Gasteiger charge is -2.34. The SMILES string of the molecule is Cc1ncc(C=O)c2c1OC(C)(C)OC2.Cc1ncc(CNc2cccc(C#N)c2)c2c1OC(C)(C)OC2.N#Cc1cccc(N)c1. The Morgan fingerprint density at radius 3 is 1.98 bits per heavy atom. The Labute approximate surface area is 274 Å². The first-order valence-corrected chi connectivity index (χ1v) is 14.9. The first-order chi connectivity index (χ1) is 22.3. The molecule has 4 aromatic rings. The zero-order chi connectivity index (χ0) is 34.2. The summed E-state index contributed by atoms with van der Waals surface area (Å²) in [6.07, 6.45) is 4.17. The second-order valence-corrected chi connectivity index (χ2v) is 11.8. The first-order valence-electron chi connectivity index (χ1n) is 14.9. The molecule has 2 aliphatic rings. The van der Waals surface area contributed by atoms with Crippen LogP contribution in [0.4, 0.5) is 11.4 Å². The van der Waals surface area contributed by atoms with Crippen molar-refractivity contribution in [2.24, 2.45) is 0 Å². The monoisotopic (exact) mass is 634 g/mol. The number of hydrogen-bond acceptors (Lipinski definition) is 11. The number of carbonyl (C=O) groups excluding carboxylic acids is 1. The molecule has 11 nitrogen and oxygen atoms in total. The number of carbonyl (C=O) groups is 1. The maximum atomic E-state index is 10.8. The fourth-order valence-electron chi connectivity index (χ4n) is 4.71. The van der Waals surface area contributed by atoms with Gasteiger partial charge in [-0.1, -0.05) is 12.1 Å². The van der Waals surface area contributed by atoms with Crippen LogP contribution in [0.15, 0.2) is 60.9 Å². The number of benzene rings is 2. The Kier molecular flexibility index (Phi) is 10.8. The van der Waals surface area contributed by atoms with Crippen LogP contribution in [0.25, 0.3) is 0 Å². The van der Waals surface area contributed by atoms with E-state index >= 15 is 0 Å². The number of nitriles is 2. The van der Waals surface area contributed by atoms with Crippen molar-refractivity contribution in [3.05, 3.63) is 106 Å². The Bertz CT molecular complexity index is 1840. The fraction of sp³-hybridized carbons (Fsp3) is 0.306. The van der Waals surface area contributed by atoms with Crippen molar-refractivity contribution in [2.45, 2.75) is 72.9 Å². The third-order valence-electron chi connectivity index (χ3n) is 7.19. The molecule has 2 aromatic heterocycles. The average Bonchev–Trinajstić information content (AvgIpc) is 3.05. The summed E-state index contributed by atoms with van der Waals surface area (Å²) < 4.78 is 22.8. The number of anilines is 2. The topological polar surface area (TPSA) is 165 Å². The number of ether oxygens (including phenoxy) is 4. The zero-order valence-electron chi connectivity index (χ0n) is 27.4. The molecule has 6 rings (SSSR count). The highest BCUT2D eigenvalue weighted by Crippen LogP contribution is 2.36. The third-order valence-corrected chi connectivity index (χ3v) is 7.19. The van der Waals surface area contributed by atoms with Crippen molar-refractivity contribution in [1.82, 2.24) is 9.97 Å². The number of nitrogens with zero attached hydrogens (tertiary/aromatic N) is 4. The lowest BCUT2D eigenvalue weighted by atomic mass is 10.1. The highest BCUT2D eigenvalue weighted by atomic mass is 16.7. The van der Waals surface area contributed by atoms with E-state index in [1.54, 1.807) is 36.5 Å². The molecule has 0 fully saturated rings. The van der Waals surface area contributed by atoms with Crippen LogP contribution in [0.5, 0.6) is 11.5 Å². The minimum absolute atomic E-state index is 0.389. The molecule has 11 heteroatoms. The van der Waals surface area contributed by atoms with Gasteiger partial charge < -0.3 is 30.0 Å². The summed E-state index contributed by atoms with van der Waals surface area (Å²) in [4.78, 5) is 19.3. The van der Waals surface area contributed by atoms with E-state index in [4.69, 9.17) is 35.2 Å². The van der Waals surface area contributed by atoms with Gasteiger partial charge in [-0.15, -0.1) is 0 Å². The lowest BCUT2D eigenvalue weighted by Crippen LogP contribution is -2.36. The van der Waals surface area contributed by atoms with Gasteiger partial charge in [0.2, 0.25) is 11.6 Å². The molecule has 0 aliphatic carbocycles. The summed E-state index contributed by atoms with van der Waals surface area (Å²) >= 11 is 0.